The number of nitrogens with zero attached hydrogens (tertiary/aromatic N) is 1. The molecule has 1 aliphatic heterocycles. The van der Waals surface area contributed by atoms with Gasteiger partial charge in [-0.05, 0) is 18.2 Å². The molecule has 1 fully saturated rings. The Bertz CT molecular complexity index is 451. The van der Waals surface area contributed by atoms with E-state index in [2.05, 4.69) is 27.8 Å². The molecule has 19 heavy (non-hydrogen) atoms. The Kier molecular flexibility index (Phi) is 5.09. The van der Waals surface area contributed by atoms with E-state index >= 15 is 0 Å². The van der Waals surface area contributed by atoms with Crippen molar-refractivity contribution in [2.45, 2.75) is 0 Å². The number of methoxy groups -OCH3 is 1. The van der Waals surface area contributed by atoms with Gasteiger partial charge in [0.1, 0.15) is 5.75 Å². The first kappa shape index (κ1) is 14.2. The number of amides is 2. The summed E-state index contributed by atoms with van der Waals surface area (Å²) in [5, 5.41) is 2.71. The summed E-state index contributed by atoms with van der Waals surface area (Å²) in [6, 6.07) is 5.43. The molecule has 0 saturated carbocycles. The average Bonchev–Trinajstić information content (AvgIpc) is 2.48. The largest absolute Gasteiger partial charge is 0.495 e. The van der Waals surface area contributed by atoms with Gasteiger partial charge in [0, 0.05) is 30.3 Å². The molecule has 0 aromatic heterocycles. The van der Waals surface area contributed by atoms with Crippen LogP contribution in [-0.4, -0.2) is 37.7 Å². The van der Waals surface area contributed by atoms with Gasteiger partial charge in [-0.3, -0.25) is 4.72 Å². The molecule has 0 radical (unpaired) electrons. The summed E-state index contributed by atoms with van der Waals surface area (Å²) in [5.41, 5.74) is 1.74. The lowest BCUT2D eigenvalue weighted by molar-refractivity contribution is 0.257. The highest BCUT2D eigenvalue weighted by atomic mass is 32.2. The smallest absolute Gasteiger partial charge is 0.329 e. The molecule has 1 saturated heterocycles. The number of rotatable bonds is 3. The second-order valence-electron chi connectivity index (χ2n) is 4.05. The molecule has 1 aliphatic rings. The molecule has 2 N–H and O–H groups in total. The van der Waals surface area contributed by atoms with Crippen LogP contribution >= 0.6 is 24.6 Å². The molecule has 7 heteroatoms. The Morgan fingerprint density at radius 2 is 2.16 bits per heavy atom. The summed E-state index contributed by atoms with van der Waals surface area (Å²) in [6.45, 7) is 2.05. The Labute approximate surface area is 122 Å². The van der Waals surface area contributed by atoms with Crippen LogP contribution in [0.5, 0.6) is 5.75 Å². The Morgan fingerprint density at radius 1 is 1.42 bits per heavy atom. The first-order chi connectivity index (χ1) is 9.24. The second-order valence-corrected chi connectivity index (χ2v) is 5.50. The van der Waals surface area contributed by atoms with Crippen LogP contribution in [0, 0.1) is 0 Å². The highest BCUT2D eigenvalue weighted by molar-refractivity contribution is 7.99. The lowest BCUT2D eigenvalue weighted by atomic mass is 10.2. The van der Waals surface area contributed by atoms with Crippen molar-refractivity contribution in [3.8, 4) is 5.75 Å². The van der Waals surface area contributed by atoms with Crippen molar-refractivity contribution < 1.29 is 9.53 Å². The highest BCUT2D eigenvalue weighted by Gasteiger charge is 2.14. The zero-order chi connectivity index (χ0) is 13.7. The summed E-state index contributed by atoms with van der Waals surface area (Å²) in [4.78, 5) is 13.7. The number of carbonyl (C=O) groups excluding carboxylic acids is 1. The van der Waals surface area contributed by atoms with Gasteiger partial charge in [0.25, 0.3) is 0 Å². The standard InChI is InChI=1S/C12H17N3O2S2/c1-17-11-3-2-9(15-4-6-19-7-5-15)8-10(11)13-12(16)14-18/h2-3,8,18H,4-7H2,1H3,(H2,13,14,16). The number of urea groups is 1. The number of thiol groups is 1. The number of hydrogen-bond acceptors (Lipinski definition) is 5. The average molecular weight is 299 g/mol. The normalized spacial score (nSPS) is 14.9. The van der Waals surface area contributed by atoms with E-state index in [0.717, 1.165) is 30.3 Å². The number of nitrogens with one attached hydrogen (secondary N) is 2. The Hall–Kier alpha value is -1.21. The predicted molar refractivity (Wildman–Crippen MR) is 83.7 cm³/mol. The predicted octanol–water partition coefficient (Wildman–Crippen LogP) is 2.21. The quantitative estimate of drug-likeness (QED) is 0.749. The zero-order valence-corrected chi connectivity index (χ0v) is 12.4. The highest BCUT2D eigenvalue weighted by Crippen LogP contribution is 2.30. The van der Waals surface area contributed by atoms with Crippen molar-refractivity contribution in [2.75, 3.05) is 41.9 Å². The fraction of sp³-hybridized carbons (Fsp3) is 0.417. The van der Waals surface area contributed by atoms with Gasteiger partial charge in [-0.2, -0.15) is 11.8 Å². The van der Waals surface area contributed by atoms with E-state index < -0.39 is 0 Å². The molecule has 1 aromatic rings. The molecular formula is C12H17N3O2S2. The minimum absolute atomic E-state index is 0.381. The maximum Gasteiger partial charge on any atom is 0.329 e. The lowest BCUT2D eigenvalue weighted by Gasteiger charge is -2.29. The van der Waals surface area contributed by atoms with Crippen molar-refractivity contribution in [2.24, 2.45) is 0 Å². The number of carbonyl (C=O) groups is 1. The Morgan fingerprint density at radius 3 is 2.79 bits per heavy atom. The van der Waals surface area contributed by atoms with Crippen LogP contribution in [0.25, 0.3) is 0 Å². The summed E-state index contributed by atoms with van der Waals surface area (Å²) < 4.78 is 7.48. The van der Waals surface area contributed by atoms with Gasteiger partial charge in [-0.15, -0.1) is 0 Å². The van der Waals surface area contributed by atoms with Gasteiger partial charge in [0.05, 0.1) is 12.8 Å². The fourth-order valence-electron chi connectivity index (χ4n) is 1.96. The first-order valence-electron chi connectivity index (χ1n) is 5.96. The molecule has 5 nitrogen and oxygen atoms in total. The molecule has 0 bridgehead atoms. The maximum atomic E-state index is 11.4. The second kappa shape index (κ2) is 6.81. The number of anilines is 2. The third kappa shape index (κ3) is 3.63. The van der Waals surface area contributed by atoms with E-state index in [1.54, 1.807) is 7.11 Å². The van der Waals surface area contributed by atoms with E-state index in [-0.39, 0.29) is 6.03 Å². The van der Waals surface area contributed by atoms with Crippen LogP contribution in [0.2, 0.25) is 0 Å². The number of thioether (sulfide) groups is 1. The van der Waals surface area contributed by atoms with Gasteiger partial charge in [-0.25, -0.2) is 4.79 Å². The molecule has 0 spiro atoms. The third-order valence-electron chi connectivity index (χ3n) is 2.91. The monoisotopic (exact) mass is 299 g/mol. The molecule has 1 heterocycles. The molecule has 0 atom stereocenters. The first-order valence-corrected chi connectivity index (χ1v) is 7.56. The van der Waals surface area contributed by atoms with Crippen molar-refractivity contribution in [1.82, 2.24) is 4.72 Å². The van der Waals surface area contributed by atoms with Crippen molar-refractivity contribution in [3.63, 3.8) is 0 Å². The van der Waals surface area contributed by atoms with Gasteiger partial charge in [-0.1, -0.05) is 12.8 Å². The van der Waals surface area contributed by atoms with Crippen LogP contribution in [0.4, 0.5) is 16.2 Å². The summed E-state index contributed by atoms with van der Waals surface area (Å²) in [5.74, 6) is 2.89. The van der Waals surface area contributed by atoms with Crippen LogP contribution < -0.4 is 19.7 Å². The zero-order valence-electron chi connectivity index (χ0n) is 10.7. The summed E-state index contributed by atoms with van der Waals surface area (Å²) in [6.07, 6.45) is 0. The van der Waals surface area contributed by atoms with Gasteiger partial charge < -0.3 is 15.0 Å². The molecule has 104 valence electrons. The van der Waals surface area contributed by atoms with E-state index in [1.165, 1.54) is 0 Å². The molecule has 0 aliphatic carbocycles. The molecule has 0 unspecified atom stereocenters. The van der Waals surface area contributed by atoms with E-state index in [1.807, 2.05) is 30.0 Å². The van der Waals surface area contributed by atoms with Gasteiger partial charge in [0.15, 0.2) is 0 Å². The minimum atomic E-state index is -0.381. The van der Waals surface area contributed by atoms with Crippen LogP contribution in [0.15, 0.2) is 18.2 Å². The van der Waals surface area contributed by atoms with E-state index in [0.29, 0.717) is 11.4 Å². The van der Waals surface area contributed by atoms with Crippen molar-refractivity contribution in [1.29, 1.82) is 0 Å². The van der Waals surface area contributed by atoms with Crippen LogP contribution in [0.1, 0.15) is 0 Å². The maximum absolute atomic E-state index is 11.4. The number of hydrogen-bond donors (Lipinski definition) is 3. The number of benzene rings is 1. The van der Waals surface area contributed by atoms with Gasteiger partial charge >= 0.3 is 6.03 Å². The van der Waals surface area contributed by atoms with Crippen LogP contribution in [0.3, 0.4) is 0 Å². The number of ether oxygens (including phenoxy) is 1. The van der Waals surface area contributed by atoms with Crippen molar-refractivity contribution >= 4 is 42.0 Å². The SMILES string of the molecule is COc1ccc(N2CCSCC2)cc1NC(=O)NS. The molecule has 2 rings (SSSR count). The Balaban J connectivity index is 2.21. The minimum Gasteiger partial charge on any atom is -0.495 e. The fourth-order valence-corrected chi connectivity index (χ4v) is 2.92. The van der Waals surface area contributed by atoms with E-state index in [9.17, 15) is 4.79 Å². The lowest BCUT2D eigenvalue weighted by Crippen LogP contribution is -2.32. The van der Waals surface area contributed by atoms with Gasteiger partial charge in [0.2, 0.25) is 0 Å². The summed E-state index contributed by atoms with van der Waals surface area (Å²) >= 11 is 5.68. The van der Waals surface area contributed by atoms with E-state index in [4.69, 9.17) is 4.74 Å². The molecular weight excluding hydrogens is 282 g/mol. The van der Waals surface area contributed by atoms with Crippen LogP contribution in [-0.2, 0) is 0 Å². The topological polar surface area (TPSA) is 53.6 Å². The summed E-state index contributed by atoms with van der Waals surface area (Å²) in [7, 11) is 1.58. The molecule has 2 amide bonds. The molecule has 1 aromatic carbocycles. The third-order valence-corrected chi connectivity index (χ3v) is 4.05. The van der Waals surface area contributed by atoms with Crippen molar-refractivity contribution in [3.05, 3.63) is 18.2 Å².